The van der Waals surface area contributed by atoms with Gasteiger partial charge in [0.1, 0.15) is 0 Å². The monoisotopic (exact) mass is 334 g/mol. The van der Waals surface area contributed by atoms with Crippen molar-refractivity contribution in [3.8, 4) is 0 Å². The number of amides is 2. The molecular formula is C19H18N4O2. The van der Waals surface area contributed by atoms with Gasteiger partial charge in [-0.15, -0.1) is 0 Å². The van der Waals surface area contributed by atoms with Crippen molar-refractivity contribution in [3.05, 3.63) is 66.1 Å². The predicted molar refractivity (Wildman–Crippen MR) is 96.1 cm³/mol. The van der Waals surface area contributed by atoms with Gasteiger partial charge in [-0.05, 0) is 36.6 Å². The van der Waals surface area contributed by atoms with Gasteiger partial charge in [0.2, 0.25) is 11.8 Å². The molecule has 0 saturated carbocycles. The van der Waals surface area contributed by atoms with Gasteiger partial charge in [0.25, 0.3) is 0 Å². The Morgan fingerprint density at radius 1 is 1.12 bits per heavy atom. The number of nitrogens with zero attached hydrogens (tertiary/aromatic N) is 2. The Bertz CT molecular complexity index is 924. The van der Waals surface area contributed by atoms with Crippen LogP contribution in [-0.4, -0.2) is 21.8 Å². The van der Waals surface area contributed by atoms with Crippen molar-refractivity contribution < 1.29 is 9.59 Å². The number of carbonyl (C=O) groups excluding carboxylic acids is 2. The van der Waals surface area contributed by atoms with Crippen LogP contribution in [0.5, 0.6) is 0 Å². The summed E-state index contributed by atoms with van der Waals surface area (Å²) in [6.45, 7) is 0. The highest BCUT2D eigenvalue weighted by atomic mass is 16.1. The quantitative estimate of drug-likeness (QED) is 0.724. The van der Waals surface area contributed by atoms with E-state index in [-0.39, 0.29) is 5.91 Å². The number of nitrogens with one attached hydrogen (secondary N) is 1. The lowest BCUT2D eigenvalue weighted by Crippen LogP contribution is -2.15. The fourth-order valence-electron chi connectivity index (χ4n) is 2.68. The maximum absolute atomic E-state index is 12.1. The van der Waals surface area contributed by atoms with Crippen LogP contribution in [0.1, 0.15) is 28.8 Å². The standard InChI is InChI=1S/C19H18N4O2/c20-19(25)16-6-2-1-4-13(16)5-3-7-18(24)23-15-10-14-11-21-9-8-17(14)22-12-15/h1-2,4,6,8-12H,3,5,7H2,(H2,20,25)(H,23,24). The van der Waals surface area contributed by atoms with Gasteiger partial charge in [0, 0.05) is 29.8 Å². The Labute approximate surface area is 145 Å². The number of nitrogens with two attached hydrogens (primary N) is 1. The van der Waals surface area contributed by atoms with E-state index in [1.807, 2.05) is 24.3 Å². The lowest BCUT2D eigenvalue weighted by Gasteiger charge is -2.08. The highest BCUT2D eigenvalue weighted by Crippen LogP contribution is 2.16. The van der Waals surface area contributed by atoms with Crippen molar-refractivity contribution in [1.82, 2.24) is 9.97 Å². The molecule has 2 aromatic heterocycles. The summed E-state index contributed by atoms with van der Waals surface area (Å²) in [5.41, 5.74) is 8.21. The SMILES string of the molecule is NC(=O)c1ccccc1CCCC(=O)Nc1cnc2ccncc2c1. The van der Waals surface area contributed by atoms with Crippen molar-refractivity contribution in [1.29, 1.82) is 0 Å². The second-order valence-electron chi connectivity index (χ2n) is 5.72. The summed E-state index contributed by atoms with van der Waals surface area (Å²) in [5, 5.41) is 3.71. The highest BCUT2D eigenvalue weighted by Gasteiger charge is 2.09. The van der Waals surface area contributed by atoms with E-state index in [0.717, 1.165) is 16.5 Å². The number of carbonyl (C=O) groups is 2. The first-order valence-corrected chi connectivity index (χ1v) is 8.01. The minimum Gasteiger partial charge on any atom is -0.366 e. The predicted octanol–water partition coefficient (Wildman–Crippen LogP) is 2.69. The molecular weight excluding hydrogens is 316 g/mol. The maximum atomic E-state index is 12.1. The fourth-order valence-corrected chi connectivity index (χ4v) is 2.68. The van der Waals surface area contributed by atoms with Crippen molar-refractivity contribution in [2.45, 2.75) is 19.3 Å². The van der Waals surface area contributed by atoms with Crippen LogP contribution < -0.4 is 11.1 Å². The van der Waals surface area contributed by atoms with E-state index in [1.54, 1.807) is 30.7 Å². The summed E-state index contributed by atoms with van der Waals surface area (Å²) in [4.78, 5) is 31.8. The van der Waals surface area contributed by atoms with Crippen LogP contribution in [0.4, 0.5) is 5.69 Å². The first-order chi connectivity index (χ1) is 12.1. The summed E-state index contributed by atoms with van der Waals surface area (Å²) in [6, 6.07) is 10.9. The van der Waals surface area contributed by atoms with E-state index in [9.17, 15) is 9.59 Å². The molecule has 0 atom stereocenters. The van der Waals surface area contributed by atoms with Crippen LogP contribution in [0.2, 0.25) is 0 Å². The number of fused-ring (bicyclic) bond motifs is 1. The van der Waals surface area contributed by atoms with Gasteiger partial charge in [-0.1, -0.05) is 18.2 Å². The van der Waals surface area contributed by atoms with E-state index in [2.05, 4.69) is 15.3 Å². The Morgan fingerprint density at radius 3 is 2.80 bits per heavy atom. The highest BCUT2D eigenvalue weighted by molar-refractivity contribution is 5.94. The summed E-state index contributed by atoms with van der Waals surface area (Å²) in [7, 11) is 0. The van der Waals surface area contributed by atoms with E-state index >= 15 is 0 Å². The van der Waals surface area contributed by atoms with Crippen LogP contribution in [-0.2, 0) is 11.2 Å². The summed E-state index contributed by atoms with van der Waals surface area (Å²) >= 11 is 0. The molecule has 6 heteroatoms. The smallest absolute Gasteiger partial charge is 0.248 e. The molecule has 126 valence electrons. The number of benzene rings is 1. The lowest BCUT2D eigenvalue weighted by molar-refractivity contribution is -0.116. The molecule has 0 unspecified atom stereocenters. The minimum absolute atomic E-state index is 0.0957. The van der Waals surface area contributed by atoms with Crippen molar-refractivity contribution in [2.75, 3.05) is 5.32 Å². The Hall–Kier alpha value is -3.28. The zero-order valence-electron chi connectivity index (χ0n) is 13.6. The summed E-state index contributed by atoms with van der Waals surface area (Å²) in [5.74, 6) is -0.544. The minimum atomic E-state index is -0.448. The molecule has 0 aliphatic carbocycles. The van der Waals surface area contributed by atoms with E-state index in [1.165, 1.54) is 0 Å². The van der Waals surface area contributed by atoms with Crippen LogP contribution in [0.3, 0.4) is 0 Å². The number of aryl methyl sites for hydroxylation is 1. The number of hydrogen-bond donors (Lipinski definition) is 2. The molecule has 0 fully saturated rings. The molecule has 0 aliphatic heterocycles. The van der Waals surface area contributed by atoms with Gasteiger partial charge in [-0.2, -0.15) is 0 Å². The fraction of sp³-hybridized carbons (Fsp3) is 0.158. The summed E-state index contributed by atoms with van der Waals surface area (Å²) < 4.78 is 0. The molecule has 25 heavy (non-hydrogen) atoms. The van der Waals surface area contributed by atoms with Gasteiger partial charge in [-0.25, -0.2) is 0 Å². The average Bonchev–Trinajstić information content (AvgIpc) is 2.62. The van der Waals surface area contributed by atoms with Crippen molar-refractivity contribution in [2.24, 2.45) is 5.73 Å². The second kappa shape index (κ2) is 7.53. The van der Waals surface area contributed by atoms with Crippen molar-refractivity contribution in [3.63, 3.8) is 0 Å². The number of pyridine rings is 2. The van der Waals surface area contributed by atoms with Crippen LogP contribution in [0.15, 0.2) is 55.0 Å². The average molecular weight is 334 g/mol. The zero-order chi connectivity index (χ0) is 17.6. The Balaban J connectivity index is 1.57. The molecule has 3 rings (SSSR count). The number of anilines is 1. The third-order valence-electron chi connectivity index (χ3n) is 3.90. The molecule has 2 amide bonds. The van der Waals surface area contributed by atoms with Crippen LogP contribution >= 0.6 is 0 Å². The molecule has 2 heterocycles. The molecule has 3 aromatic rings. The third kappa shape index (κ3) is 4.17. The van der Waals surface area contributed by atoms with E-state index in [4.69, 9.17) is 5.73 Å². The lowest BCUT2D eigenvalue weighted by atomic mass is 10.0. The molecule has 0 spiro atoms. The first-order valence-electron chi connectivity index (χ1n) is 8.01. The van der Waals surface area contributed by atoms with Crippen molar-refractivity contribution >= 4 is 28.4 Å². The number of hydrogen-bond acceptors (Lipinski definition) is 4. The third-order valence-corrected chi connectivity index (χ3v) is 3.90. The molecule has 0 aliphatic rings. The zero-order valence-corrected chi connectivity index (χ0v) is 13.6. The van der Waals surface area contributed by atoms with Gasteiger partial charge >= 0.3 is 0 Å². The van der Waals surface area contributed by atoms with Gasteiger partial charge in [-0.3, -0.25) is 19.6 Å². The molecule has 0 radical (unpaired) electrons. The molecule has 3 N–H and O–H groups in total. The molecule has 6 nitrogen and oxygen atoms in total. The van der Waals surface area contributed by atoms with Gasteiger partial charge < -0.3 is 11.1 Å². The van der Waals surface area contributed by atoms with Gasteiger partial charge in [0.05, 0.1) is 17.4 Å². The number of aromatic nitrogens is 2. The maximum Gasteiger partial charge on any atom is 0.248 e. The van der Waals surface area contributed by atoms with E-state index < -0.39 is 5.91 Å². The Kier molecular flexibility index (Phi) is 4.99. The van der Waals surface area contributed by atoms with E-state index in [0.29, 0.717) is 30.5 Å². The number of rotatable bonds is 6. The van der Waals surface area contributed by atoms with Gasteiger partial charge in [0.15, 0.2) is 0 Å². The second-order valence-corrected chi connectivity index (χ2v) is 5.72. The summed E-state index contributed by atoms with van der Waals surface area (Å²) in [6.07, 6.45) is 6.60. The van der Waals surface area contributed by atoms with Crippen LogP contribution in [0, 0.1) is 0 Å². The first kappa shape index (κ1) is 16.6. The normalized spacial score (nSPS) is 10.6. The number of primary amides is 1. The van der Waals surface area contributed by atoms with Crippen LogP contribution in [0.25, 0.3) is 10.9 Å². The Morgan fingerprint density at radius 2 is 1.96 bits per heavy atom. The molecule has 0 saturated heterocycles. The molecule has 1 aromatic carbocycles. The topological polar surface area (TPSA) is 98.0 Å². The molecule has 0 bridgehead atoms. The largest absolute Gasteiger partial charge is 0.366 e.